The Hall–Kier alpha value is -1.14. The van der Waals surface area contributed by atoms with Gasteiger partial charge in [0.2, 0.25) is 0 Å². The molecule has 1 saturated heterocycles. The molecule has 10 heteroatoms. The zero-order valence-electron chi connectivity index (χ0n) is 11.1. The van der Waals surface area contributed by atoms with E-state index in [2.05, 4.69) is 14.7 Å². The van der Waals surface area contributed by atoms with E-state index in [-0.39, 0.29) is 0 Å². The molecular formula is C10H16O10. The number of ketones is 1. The molecule has 1 fully saturated rings. The van der Waals surface area contributed by atoms with Gasteiger partial charge in [-0.15, -0.1) is 0 Å². The van der Waals surface area contributed by atoms with Gasteiger partial charge in [0.15, 0.2) is 11.4 Å². The van der Waals surface area contributed by atoms with Gasteiger partial charge in [0.05, 0.1) is 12.8 Å². The minimum Gasteiger partial charge on any atom is -0.301 e. The number of carbonyl (C=O) groups is 2. The molecule has 0 aliphatic carbocycles. The second-order valence-corrected chi connectivity index (χ2v) is 4.98. The van der Waals surface area contributed by atoms with Crippen molar-refractivity contribution in [1.82, 2.24) is 0 Å². The van der Waals surface area contributed by atoms with Crippen LogP contribution in [0.15, 0.2) is 0 Å². The molecule has 0 aromatic carbocycles. The number of carbonyl (C=O) groups excluding carboxylic acids is 2. The number of hydrogen-bond acceptors (Lipinski definition) is 10. The minimum atomic E-state index is -2.28. The summed E-state index contributed by atoms with van der Waals surface area (Å²) in [5.41, 5.74) is -3.31. The fourth-order valence-electron chi connectivity index (χ4n) is 1.88. The van der Waals surface area contributed by atoms with E-state index in [1.54, 1.807) is 0 Å². The van der Waals surface area contributed by atoms with Crippen LogP contribution in [0.25, 0.3) is 0 Å². The molecule has 1 aliphatic rings. The van der Waals surface area contributed by atoms with E-state index < -0.39 is 41.6 Å². The summed E-state index contributed by atoms with van der Waals surface area (Å²) < 4.78 is 0. The third kappa shape index (κ3) is 2.67. The molecule has 0 saturated carbocycles. The Balaban J connectivity index is 3.20. The van der Waals surface area contributed by atoms with E-state index in [0.717, 1.165) is 6.92 Å². The molecule has 3 N–H and O–H groups in total. The summed E-state index contributed by atoms with van der Waals surface area (Å²) in [5.74, 6) is -4.24. The topological polar surface area (TPSA) is 141 Å². The molecule has 0 amide bonds. The summed E-state index contributed by atoms with van der Waals surface area (Å²) in [6.07, 6.45) is -1.29. The van der Waals surface area contributed by atoms with Crippen molar-refractivity contribution in [3.05, 3.63) is 0 Å². The maximum Gasteiger partial charge on any atom is 0.345 e. The van der Waals surface area contributed by atoms with Gasteiger partial charge in [-0.2, -0.15) is 15.0 Å². The lowest BCUT2D eigenvalue weighted by atomic mass is 9.76. The standard InChI is InChI=1S/C10H16O10/c1-6(11)10(18-15)5-9(17-14,4-7(12)16-13)8(2,3)19-20-10/h13-15H,4-5H2,1-3H3. The third-order valence-corrected chi connectivity index (χ3v) is 3.39. The van der Waals surface area contributed by atoms with Crippen LogP contribution >= 0.6 is 0 Å². The van der Waals surface area contributed by atoms with E-state index in [1.807, 2.05) is 0 Å². The Morgan fingerprint density at radius 2 is 1.75 bits per heavy atom. The quantitative estimate of drug-likeness (QED) is 0.485. The smallest absolute Gasteiger partial charge is 0.301 e. The first-order valence-corrected chi connectivity index (χ1v) is 5.56. The Bertz CT molecular complexity index is 393. The van der Waals surface area contributed by atoms with Crippen LogP contribution in [0.3, 0.4) is 0 Å². The van der Waals surface area contributed by atoms with Crippen LogP contribution in [0, 0.1) is 0 Å². The van der Waals surface area contributed by atoms with Gasteiger partial charge in [-0.3, -0.25) is 10.1 Å². The van der Waals surface area contributed by atoms with Crippen molar-refractivity contribution in [2.75, 3.05) is 0 Å². The molecule has 2 atom stereocenters. The first-order chi connectivity index (χ1) is 9.18. The van der Waals surface area contributed by atoms with Crippen molar-refractivity contribution < 1.29 is 49.8 Å². The van der Waals surface area contributed by atoms with Gasteiger partial charge in [-0.05, 0) is 13.8 Å². The molecule has 0 aromatic rings. The van der Waals surface area contributed by atoms with Crippen molar-refractivity contribution in [2.24, 2.45) is 0 Å². The molecule has 1 aliphatic heterocycles. The van der Waals surface area contributed by atoms with E-state index in [4.69, 9.17) is 25.5 Å². The first-order valence-electron chi connectivity index (χ1n) is 5.56. The van der Waals surface area contributed by atoms with E-state index >= 15 is 0 Å². The monoisotopic (exact) mass is 296 g/mol. The SMILES string of the molecule is CC(=O)C1(OO)CC(CC(=O)OO)(OO)C(C)(C)OO1. The zero-order valence-corrected chi connectivity index (χ0v) is 11.1. The molecule has 10 nitrogen and oxygen atoms in total. The van der Waals surface area contributed by atoms with Gasteiger partial charge >= 0.3 is 5.97 Å². The van der Waals surface area contributed by atoms with Crippen LogP contribution in [0.4, 0.5) is 0 Å². The minimum absolute atomic E-state index is 0.593. The first kappa shape index (κ1) is 16.9. The van der Waals surface area contributed by atoms with Crippen LogP contribution < -0.4 is 0 Å². The highest BCUT2D eigenvalue weighted by molar-refractivity contribution is 5.83. The second-order valence-electron chi connectivity index (χ2n) is 4.98. The second kappa shape index (κ2) is 5.69. The molecule has 0 aromatic heterocycles. The predicted octanol–water partition coefficient (Wildman–Crippen LogP) is 0.527. The number of Topliss-reactive ketones (excluding diaryl/α,β-unsaturated/α-hetero) is 1. The van der Waals surface area contributed by atoms with Gasteiger partial charge < -0.3 is 4.89 Å². The lowest BCUT2D eigenvalue weighted by Gasteiger charge is -2.49. The average molecular weight is 296 g/mol. The van der Waals surface area contributed by atoms with Crippen molar-refractivity contribution in [2.45, 2.75) is 50.6 Å². The van der Waals surface area contributed by atoms with Gasteiger partial charge in [0.25, 0.3) is 5.79 Å². The van der Waals surface area contributed by atoms with Crippen molar-refractivity contribution >= 4 is 11.8 Å². The molecule has 1 rings (SSSR count). The van der Waals surface area contributed by atoms with Crippen molar-refractivity contribution in [1.29, 1.82) is 0 Å². The Kier molecular flexibility index (Phi) is 4.82. The summed E-state index contributed by atoms with van der Waals surface area (Å²) in [4.78, 5) is 44.3. The fraction of sp³-hybridized carbons (Fsp3) is 0.800. The highest BCUT2D eigenvalue weighted by Crippen LogP contribution is 2.45. The Morgan fingerprint density at radius 3 is 2.15 bits per heavy atom. The lowest BCUT2D eigenvalue weighted by molar-refractivity contribution is -0.560. The van der Waals surface area contributed by atoms with E-state index in [0.29, 0.717) is 0 Å². The highest BCUT2D eigenvalue weighted by atomic mass is 17.3. The molecule has 2 unspecified atom stereocenters. The molecule has 0 bridgehead atoms. The van der Waals surface area contributed by atoms with Crippen molar-refractivity contribution in [3.63, 3.8) is 0 Å². The third-order valence-electron chi connectivity index (χ3n) is 3.39. The zero-order chi connectivity index (χ0) is 15.6. The molecule has 1 heterocycles. The molecule has 116 valence electrons. The van der Waals surface area contributed by atoms with Gasteiger partial charge in [-0.25, -0.2) is 19.8 Å². The largest absolute Gasteiger partial charge is 0.345 e. The number of rotatable bonds is 5. The van der Waals surface area contributed by atoms with Crippen LogP contribution in [0.2, 0.25) is 0 Å². The van der Waals surface area contributed by atoms with E-state index in [9.17, 15) is 9.59 Å². The predicted molar refractivity (Wildman–Crippen MR) is 57.8 cm³/mol. The number of hydrogen-bond donors (Lipinski definition) is 3. The fourth-order valence-corrected chi connectivity index (χ4v) is 1.88. The summed E-state index contributed by atoms with van der Waals surface area (Å²) in [6.45, 7) is 3.80. The highest BCUT2D eigenvalue weighted by Gasteiger charge is 2.63. The summed E-state index contributed by atoms with van der Waals surface area (Å²) in [6, 6.07) is 0. The van der Waals surface area contributed by atoms with Crippen LogP contribution in [0.1, 0.15) is 33.6 Å². The van der Waals surface area contributed by atoms with Crippen LogP contribution in [0.5, 0.6) is 0 Å². The lowest BCUT2D eigenvalue weighted by Crippen LogP contribution is -2.66. The maximum atomic E-state index is 11.5. The van der Waals surface area contributed by atoms with Gasteiger partial charge in [-0.1, -0.05) is 0 Å². The normalized spacial score (nSPS) is 32.7. The van der Waals surface area contributed by atoms with E-state index in [1.165, 1.54) is 13.8 Å². The summed E-state index contributed by atoms with van der Waals surface area (Å²) in [5, 5.41) is 26.4. The molecule has 0 spiro atoms. The van der Waals surface area contributed by atoms with Crippen molar-refractivity contribution in [3.8, 4) is 0 Å². The van der Waals surface area contributed by atoms with Gasteiger partial charge in [0.1, 0.15) is 5.60 Å². The summed E-state index contributed by atoms with van der Waals surface area (Å²) >= 11 is 0. The molecular weight excluding hydrogens is 280 g/mol. The Morgan fingerprint density at radius 1 is 1.15 bits per heavy atom. The molecule has 0 radical (unpaired) electrons. The van der Waals surface area contributed by atoms with Crippen LogP contribution in [-0.2, 0) is 34.0 Å². The maximum absolute atomic E-state index is 11.5. The van der Waals surface area contributed by atoms with Crippen LogP contribution in [-0.4, -0.2) is 44.5 Å². The molecule has 20 heavy (non-hydrogen) atoms. The summed E-state index contributed by atoms with van der Waals surface area (Å²) in [7, 11) is 0. The van der Waals surface area contributed by atoms with Gasteiger partial charge in [0, 0.05) is 6.92 Å². The average Bonchev–Trinajstić information content (AvgIpc) is 2.40. The Labute approximate surface area is 113 Å².